The van der Waals surface area contributed by atoms with E-state index < -0.39 is 0 Å². The Labute approximate surface area is 55.9 Å². The van der Waals surface area contributed by atoms with Crippen molar-refractivity contribution in [3.05, 3.63) is 28.5 Å². The predicted octanol–water partition coefficient (Wildman–Crippen LogP) is 2.03. The quantitative estimate of drug-likeness (QED) is 0.270. The maximum absolute atomic E-state index is 10.1. The summed E-state index contributed by atoms with van der Waals surface area (Å²) >= 11 is 0. The van der Waals surface area contributed by atoms with Crippen molar-refractivity contribution in [3.8, 4) is 0 Å². The highest BCUT2D eigenvalue weighted by Crippen LogP contribution is 2.17. The van der Waals surface area contributed by atoms with Crippen LogP contribution in [0.4, 0.5) is 5.69 Å². The molecule has 1 aromatic heterocycles. The summed E-state index contributed by atoms with van der Waals surface area (Å²) in [4.78, 5) is 12.6. The molecule has 0 aliphatic heterocycles. The number of aldehydes is 1. The zero-order valence-corrected chi connectivity index (χ0v) is 4.89. The van der Waals surface area contributed by atoms with Crippen molar-refractivity contribution in [3.63, 3.8) is 0 Å². The molecule has 1 rings (SSSR count). The second-order valence-electron chi connectivity index (χ2n) is 1.48. The van der Waals surface area contributed by atoms with Crippen molar-refractivity contribution < 1.29 is 9.21 Å². The normalized spacial score (nSPS) is 8.40. The Balaban J connectivity index is 3.12. The highest BCUT2D eigenvalue weighted by molar-refractivity contribution is 5.78. The van der Waals surface area contributed by atoms with E-state index in [1.54, 1.807) is 0 Å². The number of furan rings is 1. The van der Waals surface area contributed by atoms with E-state index in [9.17, 15) is 4.79 Å². The lowest BCUT2D eigenvalue weighted by molar-refractivity contribution is 0.110. The molecule has 0 aliphatic carbocycles. The molecule has 0 aromatic carbocycles. The Morgan fingerprint density at radius 1 is 1.80 bits per heavy atom. The topological polar surface area (TPSA) is 79.0 Å². The van der Waals surface area contributed by atoms with Gasteiger partial charge in [-0.3, -0.25) is 4.79 Å². The molecule has 0 fully saturated rings. The standard InChI is InChI=1S/C5H3N3O2/c6-8-7-4-1-2-10-5(4)3-9/h1-3H. The Morgan fingerprint density at radius 3 is 3.20 bits per heavy atom. The zero-order chi connectivity index (χ0) is 7.40. The Kier molecular flexibility index (Phi) is 1.72. The number of carbonyl (C=O) groups is 1. The van der Waals surface area contributed by atoms with Crippen LogP contribution < -0.4 is 0 Å². The SMILES string of the molecule is [N-]=[N+]=Nc1ccoc1C=O. The molecule has 0 aliphatic rings. The van der Waals surface area contributed by atoms with E-state index in [1.807, 2.05) is 0 Å². The minimum atomic E-state index is 0.0535. The van der Waals surface area contributed by atoms with Gasteiger partial charge in [-0.15, -0.1) is 0 Å². The molecule has 1 aromatic rings. The Hall–Kier alpha value is -1.74. The lowest BCUT2D eigenvalue weighted by Crippen LogP contribution is -1.69. The van der Waals surface area contributed by atoms with Gasteiger partial charge < -0.3 is 4.42 Å². The van der Waals surface area contributed by atoms with Gasteiger partial charge in [-0.2, -0.15) is 0 Å². The van der Waals surface area contributed by atoms with Gasteiger partial charge in [0, 0.05) is 4.91 Å². The van der Waals surface area contributed by atoms with E-state index in [-0.39, 0.29) is 11.4 Å². The van der Waals surface area contributed by atoms with Crippen LogP contribution in [0.3, 0.4) is 0 Å². The third kappa shape index (κ3) is 0.985. The number of carbonyl (C=O) groups excluding carboxylic acids is 1. The van der Waals surface area contributed by atoms with Crippen molar-refractivity contribution >= 4 is 12.0 Å². The molecule has 0 N–H and O–H groups in total. The molecule has 1 heterocycles. The van der Waals surface area contributed by atoms with Crippen LogP contribution in [0.2, 0.25) is 0 Å². The zero-order valence-electron chi connectivity index (χ0n) is 4.89. The van der Waals surface area contributed by atoms with Crippen LogP contribution in [0.15, 0.2) is 21.9 Å². The van der Waals surface area contributed by atoms with Crippen molar-refractivity contribution in [2.24, 2.45) is 5.11 Å². The molecule has 0 unspecified atom stereocenters. The molecule has 0 saturated carbocycles. The van der Waals surface area contributed by atoms with Crippen LogP contribution >= 0.6 is 0 Å². The van der Waals surface area contributed by atoms with Crippen LogP contribution in [0, 0.1) is 0 Å². The molecule has 0 amide bonds. The van der Waals surface area contributed by atoms with E-state index in [0.717, 1.165) is 0 Å². The van der Waals surface area contributed by atoms with Gasteiger partial charge in [-0.25, -0.2) is 0 Å². The second kappa shape index (κ2) is 2.70. The minimum absolute atomic E-state index is 0.0535. The summed E-state index contributed by atoms with van der Waals surface area (Å²) in [6, 6.07) is 1.42. The van der Waals surface area contributed by atoms with Crippen LogP contribution in [0.5, 0.6) is 0 Å². The lowest BCUT2D eigenvalue weighted by atomic mass is 10.4. The number of nitrogens with zero attached hydrogens (tertiary/aromatic N) is 3. The summed E-state index contributed by atoms with van der Waals surface area (Å²) in [5.74, 6) is 0.0535. The van der Waals surface area contributed by atoms with Crippen LogP contribution in [-0.2, 0) is 0 Å². The number of hydrogen-bond donors (Lipinski definition) is 0. The van der Waals surface area contributed by atoms with Crippen molar-refractivity contribution in [2.75, 3.05) is 0 Å². The average molecular weight is 137 g/mol. The Morgan fingerprint density at radius 2 is 2.60 bits per heavy atom. The molecular weight excluding hydrogens is 134 g/mol. The van der Waals surface area contributed by atoms with Crippen LogP contribution in [-0.4, -0.2) is 6.29 Å². The number of azide groups is 1. The summed E-state index contributed by atoms with van der Waals surface area (Å²) < 4.78 is 4.63. The maximum atomic E-state index is 10.1. The van der Waals surface area contributed by atoms with Crippen molar-refractivity contribution in [1.82, 2.24) is 0 Å². The maximum Gasteiger partial charge on any atom is 0.185 e. The first-order valence-corrected chi connectivity index (χ1v) is 2.46. The van der Waals surface area contributed by atoms with Gasteiger partial charge in [0.2, 0.25) is 0 Å². The summed E-state index contributed by atoms with van der Waals surface area (Å²) in [6.45, 7) is 0. The smallest absolute Gasteiger partial charge is 0.185 e. The summed E-state index contributed by atoms with van der Waals surface area (Å²) in [5.41, 5.74) is 8.18. The molecule has 50 valence electrons. The van der Waals surface area contributed by atoms with E-state index in [0.29, 0.717) is 6.29 Å². The Bertz CT molecular complexity index is 285. The predicted molar refractivity (Wildman–Crippen MR) is 32.9 cm³/mol. The molecule has 0 saturated heterocycles. The fraction of sp³-hybridized carbons (Fsp3) is 0. The third-order valence-electron chi connectivity index (χ3n) is 0.933. The van der Waals surface area contributed by atoms with Gasteiger partial charge in [-0.05, 0) is 11.6 Å². The molecule has 0 radical (unpaired) electrons. The van der Waals surface area contributed by atoms with Crippen molar-refractivity contribution in [2.45, 2.75) is 0 Å². The lowest BCUT2D eigenvalue weighted by Gasteiger charge is -1.79. The van der Waals surface area contributed by atoms with Gasteiger partial charge in [0.25, 0.3) is 0 Å². The molecule has 5 nitrogen and oxygen atoms in total. The highest BCUT2D eigenvalue weighted by atomic mass is 16.3. The minimum Gasteiger partial charge on any atom is -0.461 e. The monoisotopic (exact) mass is 137 g/mol. The summed E-state index contributed by atoms with van der Waals surface area (Å²) in [7, 11) is 0. The first-order valence-electron chi connectivity index (χ1n) is 2.46. The van der Waals surface area contributed by atoms with Gasteiger partial charge in [-0.1, -0.05) is 5.11 Å². The molecule has 10 heavy (non-hydrogen) atoms. The van der Waals surface area contributed by atoms with Gasteiger partial charge in [0.1, 0.15) is 0 Å². The van der Waals surface area contributed by atoms with E-state index in [2.05, 4.69) is 14.4 Å². The molecular formula is C5H3N3O2. The number of hydrogen-bond acceptors (Lipinski definition) is 3. The molecule has 0 atom stereocenters. The third-order valence-corrected chi connectivity index (χ3v) is 0.933. The van der Waals surface area contributed by atoms with Gasteiger partial charge in [0.15, 0.2) is 12.0 Å². The van der Waals surface area contributed by atoms with E-state index >= 15 is 0 Å². The average Bonchev–Trinajstić information content (AvgIpc) is 2.36. The largest absolute Gasteiger partial charge is 0.461 e. The van der Waals surface area contributed by atoms with E-state index in [4.69, 9.17) is 5.53 Å². The first kappa shape index (κ1) is 6.38. The highest BCUT2D eigenvalue weighted by Gasteiger charge is 2.00. The van der Waals surface area contributed by atoms with Gasteiger partial charge >= 0.3 is 0 Å². The van der Waals surface area contributed by atoms with Crippen molar-refractivity contribution in [1.29, 1.82) is 0 Å². The van der Waals surface area contributed by atoms with Crippen LogP contribution in [0.1, 0.15) is 10.6 Å². The molecule has 5 heteroatoms. The van der Waals surface area contributed by atoms with Crippen LogP contribution in [0.25, 0.3) is 10.4 Å². The fourth-order valence-electron chi connectivity index (χ4n) is 0.533. The first-order chi connectivity index (χ1) is 4.88. The second-order valence-corrected chi connectivity index (χ2v) is 1.48. The summed E-state index contributed by atoms with van der Waals surface area (Å²) in [5, 5.41) is 3.19. The fourth-order valence-corrected chi connectivity index (χ4v) is 0.533. The number of rotatable bonds is 2. The van der Waals surface area contributed by atoms with Gasteiger partial charge in [0.05, 0.1) is 12.0 Å². The van der Waals surface area contributed by atoms with E-state index in [1.165, 1.54) is 12.3 Å². The molecule has 0 bridgehead atoms. The molecule has 0 spiro atoms. The summed E-state index contributed by atoms with van der Waals surface area (Å²) in [6.07, 6.45) is 1.78.